The lowest BCUT2D eigenvalue weighted by molar-refractivity contribution is -0.140. The second-order valence-corrected chi connectivity index (χ2v) is 10.2. The van der Waals surface area contributed by atoms with Gasteiger partial charge in [0, 0.05) is 18.4 Å². The topological polar surface area (TPSA) is 70.7 Å². The fourth-order valence-corrected chi connectivity index (χ4v) is 4.72. The van der Waals surface area contributed by atoms with Gasteiger partial charge in [0.2, 0.25) is 5.91 Å². The molecule has 0 saturated heterocycles. The summed E-state index contributed by atoms with van der Waals surface area (Å²) in [6.07, 6.45) is 0. The molecule has 1 atom stereocenters. The van der Waals surface area contributed by atoms with Gasteiger partial charge in [0.15, 0.2) is 5.11 Å². The highest BCUT2D eigenvalue weighted by Crippen LogP contribution is 2.33. The van der Waals surface area contributed by atoms with Gasteiger partial charge in [0.25, 0.3) is 0 Å². The highest BCUT2D eigenvalue weighted by atomic mass is 32.1. The Labute approximate surface area is 229 Å². The zero-order valence-electron chi connectivity index (χ0n) is 22.1. The minimum atomic E-state index is -0.505. The SMILES string of the molecule is CC1=C(C(=O)OCC(C)C)[C@H](c2cccc(NC(=O)C(c3ccccc3)c3ccccc3)c2)NC(=S)N1C. The number of carbonyl (C=O) groups excluding carboxylic acids is 2. The number of carbonyl (C=O) groups is 2. The Balaban J connectivity index is 1.64. The van der Waals surface area contributed by atoms with E-state index in [1.165, 1.54) is 0 Å². The van der Waals surface area contributed by atoms with Gasteiger partial charge >= 0.3 is 5.97 Å². The smallest absolute Gasteiger partial charge is 0.338 e. The number of esters is 1. The van der Waals surface area contributed by atoms with Gasteiger partial charge in [0.1, 0.15) is 0 Å². The standard InChI is InChI=1S/C31H33N3O3S/c1-20(2)19-37-30(36)26-21(3)34(4)31(38)33-28(26)24-16-11-17-25(18-24)32-29(35)27(22-12-7-5-8-13-22)23-14-9-6-10-15-23/h5-18,20,27-28H,19H2,1-4H3,(H,32,35)(H,33,38)/t28-/m0/s1. The summed E-state index contributed by atoms with van der Waals surface area (Å²) in [7, 11) is 1.82. The Morgan fingerprint density at radius 1 is 0.974 bits per heavy atom. The van der Waals surface area contributed by atoms with Gasteiger partial charge in [-0.25, -0.2) is 4.79 Å². The number of nitrogens with one attached hydrogen (secondary N) is 2. The Bertz CT molecular complexity index is 1300. The van der Waals surface area contributed by atoms with Gasteiger partial charge in [-0.2, -0.15) is 0 Å². The third-order valence-corrected chi connectivity index (χ3v) is 6.93. The molecule has 0 saturated carbocycles. The third-order valence-electron chi connectivity index (χ3n) is 6.54. The molecule has 6 nitrogen and oxygen atoms in total. The zero-order valence-corrected chi connectivity index (χ0v) is 22.9. The van der Waals surface area contributed by atoms with E-state index in [4.69, 9.17) is 17.0 Å². The summed E-state index contributed by atoms with van der Waals surface area (Å²) in [4.78, 5) is 28.6. The van der Waals surface area contributed by atoms with Crippen LogP contribution in [0, 0.1) is 5.92 Å². The molecule has 0 aromatic heterocycles. The van der Waals surface area contributed by atoms with Crippen molar-refractivity contribution in [3.05, 3.63) is 113 Å². The van der Waals surface area contributed by atoms with Gasteiger partial charge in [0.05, 0.1) is 24.1 Å². The lowest BCUT2D eigenvalue weighted by Gasteiger charge is -2.35. The van der Waals surface area contributed by atoms with Crippen LogP contribution in [-0.2, 0) is 14.3 Å². The first kappa shape index (κ1) is 27.1. The van der Waals surface area contributed by atoms with Crippen LogP contribution in [0.4, 0.5) is 5.69 Å². The highest BCUT2D eigenvalue weighted by molar-refractivity contribution is 7.80. The van der Waals surface area contributed by atoms with Crippen LogP contribution in [-0.4, -0.2) is 35.5 Å². The molecule has 1 amide bonds. The summed E-state index contributed by atoms with van der Waals surface area (Å²) in [6, 6.07) is 26.4. The summed E-state index contributed by atoms with van der Waals surface area (Å²) in [6.45, 7) is 6.18. The van der Waals surface area contributed by atoms with Crippen molar-refractivity contribution < 1.29 is 14.3 Å². The number of rotatable bonds is 8. The molecule has 196 valence electrons. The second kappa shape index (κ2) is 12.0. The van der Waals surface area contributed by atoms with Crippen LogP contribution >= 0.6 is 12.2 Å². The van der Waals surface area contributed by atoms with E-state index in [1.807, 2.05) is 113 Å². The monoisotopic (exact) mass is 527 g/mol. The fourth-order valence-electron chi connectivity index (χ4n) is 4.47. The third kappa shape index (κ3) is 6.11. The van der Waals surface area contributed by atoms with E-state index in [-0.39, 0.29) is 17.8 Å². The molecular weight excluding hydrogens is 494 g/mol. The summed E-state index contributed by atoms with van der Waals surface area (Å²) >= 11 is 5.53. The van der Waals surface area contributed by atoms with Crippen LogP contribution < -0.4 is 10.6 Å². The molecule has 1 aliphatic heterocycles. The van der Waals surface area contributed by atoms with E-state index >= 15 is 0 Å². The van der Waals surface area contributed by atoms with Gasteiger partial charge in [-0.1, -0.05) is 86.6 Å². The quantitative estimate of drug-likeness (QED) is 0.285. The van der Waals surface area contributed by atoms with Crippen molar-refractivity contribution in [3.8, 4) is 0 Å². The highest BCUT2D eigenvalue weighted by Gasteiger charge is 2.34. The maximum atomic E-state index is 13.6. The Hall–Kier alpha value is -3.97. The van der Waals surface area contributed by atoms with E-state index in [1.54, 1.807) is 4.90 Å². The van der Waals surface area contributed by atoms with E-state index in [2.05, 4.69) is 10.6 Å². The molecule has 0 spiro atoms. The lowest BCUT2D eigenvalue weighted by atomic mass is 9.90. The van der Waals surface area contributed by atoms with Gasteiger partial charge in [-0.05, 0) is 53.9 Å². The molecule has 3 aromatic rings. The number of thiocarbonyl (C=S) groups is 1. The maximum Gasteiger partial charge on any atom is 0.338 e. The number of benzene rings is 3. The van der Waals surface area contributed by atoms with Crippen LogP contribution in [0.1, 0.15) is 49.4 Å². The number of ether oxygens (including phenoxy) is 1. The van der Waals surface area contributed by atoms with Crippen molar-refractivity contribution in [1.82, 2.24) is 10.2 Å². The molecule has 7 heteroatoms. The number of allylic oxidation sites excluding steroid dienone is 1. The first-order valence-electron chi connectivity index (χ1n) is 12.7. The molecule has 0 bridgehead atoms. The van der Waals surface area contributed by atoms with Crippen molar-refractivity contribution in [3.63, 3.8) is 0 Å². The van der Waals surface area contributed by atoms with Crippen LogP contribution in [0.5, 0.6) is 0 Å². The molecule has 1 heterocycles. The fraction of sp³-hybridized carbons (Fsp3) is 0.258. The van der Waals surface area contributed by atoms with Crippen LogP contribution in [0.3, 0.4) is 0 Å². The molecule has 38 heavy (non-hydrogen) atoms. The first-order chi connectivity index (χ1) is 18.3. The maximum absolute atomic E-state index is 13.6. The lowest BCUT2D eigenvalue weighted by Crippen LogP contribution is -2.46. The zero-order chi connectivity index (χ0) is 27.2. The minimum Gasteiger partial charge on any atom is -0.462 e. The summed E-state index contributed by atoms with van der Waals surface area (Å²) in [5.74, 6) is -0.784. The number of hydrogen-bond acceptors (Lipinski definition) is 4. The number of anilines is 1. The number of amides is 1. The van der Waals surface area contributed by atoms with Crippen LogP contribution in [0.2, 0.25) is 0 Å². The molecule has 0 aliphatic carbocycles. The van der Waals surface area contributed by atoms with Gasteiger partial charge < -0.3 is 20.3 Å². The molecule has 4 rings (SSSR count). The molecular formula is C31H33N3O3S. The van der Waals surface area contributed by atoms with Crippen molar-refractivity contribution in [2.45, 2.75) is 32.7 Å². The Morgan fingerprint density at radius 3 is 2.16 bits per heavy atom. The largest absolute Gasteiger partial charge is 0.462 e. The first-order valence-corrected chi connectivity index (χ1v) is 13.1. The second-order valence-electron chi connectivity index (χ2n) is 9.80. The number of hydrogen-bond donors (Lipinski definition) is 2. The predicted molar refractivity (Wildman–Crippen MR) is 155 cm³/mol. The molecule has 3 aromatic carbocycles. The summed E-state index contributed by atoms with van der Waals surface area (Å²) < 4.78 is 5.60. The van der Waals surface area contributed by atoms with Crippen LogP contribution in [0.25, 0.3) is 0 Å². The van der Waals surface area contributed by atoms with Crippen LogP contribution in [0.15, 0.2) is 96.2 Å². The minimum absolute atomic E-state index is 0.144. The van der Waals surface area contributed by atoms with E-state index in [0.717, 1.165) is 22.4 Å². The van der Waals surface area contributed by atoms with E-state index < -0.39 is 12.0 Å². The van der Waals surface area contributed by atoms with Crippen molar-refractivity contribution >= 4 is 34.9 Å². The summed E-state index contributed by atoms with van der Waals surface area (Å²) in [5, 5.41) is 6.87. The van der Waals surface area contributed by atoms with Crippen molar-refractivity contribution in [1.29, 1.82) is 0 Å². The average Bonchev–Trinajstić information content (AvgIpc) is 2.91. The normalized spacial score (nSPS) is 15.5. The average molecular weight is 528 g/mol. The molecule has 1 aliphatic rings. The van der Waals surface area contributed by atoms with E-state index in [9.17, 15) is 9.59 Å². The summed E-state index contributed by atoms with van der Waals surface area (Å²) in [5.41, 5.74) is 4.47. The Morgan fingerprint density at radius 2 is 1.58 bits per heavy atom. The molecule has 0 radical (unpaired) electrons. The van der Waals surface area contributed by atoms with Crippen molar-refractivity contribution in [2.24, 2.45) is 5.92 Å². The molecule has 0 unspecified atom stereocenters. The molecule has 0 fully saturated rings. The number of nitrogens with zero attached hydrogens (tertiary/aromatic N) is 1. The van der Waals surface area contributed by atoms with Crippen molar-refractivity contribution in [2.75, 3.05) is 19.0 Å². The Kier molecular flexibility index (Phi) is 8.59. The van der Waals surface area contributed by atoms with Gasteiger partial charge in [-0.15, -0.1) is 0 Å². The van der Waals surface area contributed by atoms with Gasteiger partial charge in [-0.3, -0.25) is 4.79 Å². The molecule has 2 N–H and O–H groups in total. The van der Waals surface area contributed by atoms with E-state index in [0.29, 0.717) is 23.0 Å². The predicted octanol–water partition coefficient (Wildman–Crippen LogP) is 5.79.